The highest BCUT2D eigenvalue weighted by molar-refractivity contribution is 5.87. The molecule has 0 spiro atoms. The minimum atomic E-state index is -0.283. The maximum absolute atomic E-state index is 12.1. The first-order valence-corrected chi connectivity index (χ1v) is 5.79. The molecule has 0 saturated heterocycles. The summed E-state index contributed by atoms with van der Waals surface area (Å²) < 4.78 is 4.61. The molecule has 0 aromatic heterocycles. The molecule has 0 N–H and O–H groups in total. The van der Waals surface area contributed by atoms with E-state index >= 15 is 0 Å². The van der Waals surface area contributed by atoms with Crippen LogP contribution in [0, 0.1) is 11.8 Å². The molecule has 3 nitrogen and oxygen atoms in total. The average molecular weight is 224 g/mol. The summed E-state index contributed by atoms with van der Waals surface area (Å²) in [6.07, 6.45) is 3.77. The molecule has 1 saturated carbocycles. The van der Waals surface area contributed by atoms with Gasteiger partial charge in [0.1, 0.15) is 5.78 Å². The fraction of sp³-hybridized carbons (Fsp3) is 0.692. The first kappa shape index (κ1) is 12.9. The Morgan fingerprint density at radius 1 is 1.38 bits per heavy atom. The van der Waals surface area contributed by atoms with Crippen molar-refractivity contribution in [3.8, 4) is 0 Å². The molecule has 1 rings (SSSR count). The minimum absolute atomic E-state index is 0.0703. The van der Waals surface area contributed by atoms with Crippen molar-refractivity contribution in [1.82, 2.24) is 0 Å². The lowest BCUT2D eigenvalue weighted by atomic mass is 9.76. The zero-order valence-electron chi connectivity index (χ0n) is 10.1. The Bertz CT molecular complexity index is 294. The van der Waals surface area contributed by atoms with Gasteiger partial charge in [-0.3, -0.25) is 9.59 Å². The Hall–Kier alpha value is -1.12. The Labute approximate surface area is 96.9 Å². The van der Waals surface area contributed by atoms with Gasteiger partial charge in [0.2, 0.25) is 0 Å². The van der Waals surface area contributed by atoms with Gasteiger partial charge in [0.25, 0.3) is 0 Å². The van der Waals surface area contributed by atoms with Gasteiger partial charge >= 0.3 is 5.97 Å². The van der Waals surface area contributed by atoms with Crippen molar-refractivity contribution in [3.63, 3.8) is 0 Å². The van der Waals surface area contributed by atoms with E-state index in [0.717, 1.165) is 31.3 Å². The molecule has 16 heavy (non-hydrogen) atoms. The van der Waals surface area contributed by atoms with E-state index < -0.39 is 0 Å². The van der Waals surface area contributed by atoms with Crippen LogP contribution in [0.15, 0.2) is 12.2 Å². The first-order chi connectivity index (χ1) is 7.54. The maximum Gasteiger partial charge on any atom is 0.306 e. The Balaban J connectivity index is 2.56. The van der Waals surface area contributed by atoms with Crippen LogP contribution >= 0.6 is 0 Å². The third-order valence-electron chi connectivity index (χ3n) is 3.15. The number of ketones is 1. The van der Waals surface area contributed by atoms with E-state index in [0.29, 0.717) is 0 Å². The smallest absolute Gasteiger partial charge is 0.306 e. The molecule has 0 bridgehead atoms. The van der Waals surface area contributed by atoms with Gasteiger partial charge in [-0.1, -0.05) is 12.0 Å². The highest BCUT2D eigenvalue weighted by Gasteiger charge is 2.32. The molecule has 2 atom stereocenters. The van der Waals surface area contributed by atoms with Crippen molar-refractivity contribution < 1.29 is 14.3 Å². The fourth-order valence-electron chi connectivity index (χ4n) is 2.34. The molecule has 1 unspecified atom stereocenters. The van der Waals surface area contributed by atoms with Crippen LogP contribution in [0.3, 0.4) is 0 Å². The van der Waals surface area contributed by atoms with Crippen molar-refractivity contribution >= 4 is 11.8 Å². The second-order valence-electron chi connectivity index (χ2n) is 4.67. The standard InChI is InChI=1S/C13H20O3/c1-9(2)7-10-5-4-6-11(13(10)15)8-12(14)16-3/h10-11H,1,4-8H2,2-3H3/t10?,11-/m0/s1. The topological polar surface area (TPSA) is 43.4 Å². The molecular weight excluding hydrogens is 204 g/mol. The van der Waals surface area contributed by atoms with E-state index in [-0.39, 0.29) is 30.0 Å². The third-order valence-corrected chi connectivity index (χ3v) is 3.15. The summed E-state index contributed by atoms with van der Waals surface area (Å²) in [6, 6.07) is 0. The summed E-state index contributed by atoms with van der Waals surface area (Å²) in [4.78, 5) is 23.2. The number of allylic oxidation sites excluding steroid dienone is 1. The SMILES string of the molecule is C=C(C)CC1CCC[C@@H](CC(=O)OC)C1=O. The van der Waals surface area contributed by atoms with Gasteiger partial charge in [-0.15, -0.1) is 6.58 Å². The molecule has 0 aromatic rings. The van der Waals surface area contributed by atoms with Crippen LogP contribution in [0.4, 0.5) is 0 Å². The normalized spacial score (nSPS) is 25.2. The summed E-state index contributed by atoms with van der Waals surface area (Å²) in [5, 5.41) is 0. The van der Waals surface area contributed by atoms with E-state index in [9.17, 15) is 9.59 Å². The number of hydrogen-bond acceptors (Lipinski definition) is 3. The lowest BCUT2D eigenvalue weighted by molar-refractivity contribution is -0.145. The van der Waals surface area contributed by atoms with Crippen LogP contribution in [0.2, 0.25) is 0 Å². The molecule has 0 aliphatic heterocycles. The van der Waals surface area contributed by atoms with E-state index in [1.54, 1.807) is 0 Å². The van der Waals surface area contributed by atoms with E-state index in [4.69, 9.17) is 0 Å². The van der Waals surface area contributed by atoms with Crippen LogP contribution < -0.4 is 0 Å². The van der Waals surface area contributed by atoms with Crippen LogP contribution in [0.25, 0.3) is 0 Å². The quantitative estimate of drug-likeness (QED) is 0.544. The number of ether oxygens (including phenoxy) is 1. The predicted octanol–water partition coefficient (Wildman–Crippen LogP) is 2.50. The highest BCUT2D eigenvalue weighted by Crippen LogP contribution is 2.31. The van der Waals surface area contributed by atoms with E-state index in [1.807, 2.05) is 6.92 Å². The Kier molecular flexibility index (Phi) is 4.71. The first-order valence-electron chi connectivity index (χ1n) is 5.79. The number of esters is 1. The van der Waals surface area contributed by atoms with Gasteiger partial charge < -0.3 is 4.74 Å². The fourth-order valence-corrected chi connectivity index (χ4v) is 2.34. The molecule has 1 fully saturated rings. The number of rotatable bonds is 4. The summed E-state index contributed by atoms with van der Waals surface area (Å²) in [5.74, 6) is -0.125. The highest BCUT2D eigenvalue weighted by atomic mass is 16.5. The van der Waals surface area contributed by atoms with Gasteiger partial charge in [0.05, 0.1) is 13.5 Å². The Morgan fingerprint density at radius 3 is 2.44 bits per heavy atom. The van der Waals surface area contributed by atoms with Gasteiger partial charge in [-0.25, -0.2) is 0 Å². The van der Waals surface area contributed by atoms with Crippen LogP contribution in [0.5, 0.6) is 0 Å². The molecule has 0 aromatic carbocycles. The van der Waals surface area contributed by atoms with Gasteiger partial charge in [0.15, 0.2) is 0 Å². The number of carbonyl (C=O) groups is 2. The number of Topliss-reactive ketones (excluding diaryl/α,β-unsaturated/α-hetero) is 1. The maximum atomic E-state index is 12.1. The lowest BCUT2D eigenvalue weighted by Crippen LogP contribution is -2.30. The van der Waals surface area contributed by atoms with Gasteiger partial charge in [-0.05, 0) is 26.2 Å². The molecule has 1 aliphatic carbocycles. The van der Waals surface area contributed by atoms with Crippen molar-refractivity contribution in [2.24, 2.45) is 11.8 Å². The van der Waals surface area contributed by atoms with Crippen LogP contribution in [0.1, 0.15) is 39.0 Å². The summed E-state index contributed by atoms with van der Waals surface area (Å²) in [5.41, 5.74) is 1.04. The number of hydrogen-bond donors (Lipinski definition) is 0. The monoisotopic (exact) mass is 224 g/mol. The molecule has 1 aliphatic rings. The predicted molar refractivity (Wildman–Crippen MR) is 61.9 cm³/mol. The second kappa shape index (κ2) is 5.83. The zero-order chi connectivity index (χ0) is 12.1. The van der Waals surface area contributed by atoms with Crippen molar-refractivity contribution in [3.05, 3.63) is 12.2 Å². The molecule has 0 radical (unpaired) electrons. The van der Waals surface area contributed by atoms with Crippen molar-refractivity contribution in [2.75, 3.05) is 7.11 Å². The van der Waals surface area contributed by atoms with Crippen molar-refractivity contribution in [2.45, 2.75) is 39.0 Å². The Morgan fingerprint density at radius 2 is 1.94 bits per heavy atom. The summed E-state index contributed by atoms with van der Waals surface area (Å²) in [6.45, 7) is 5.78. The van der Waals surface area contributed by atoms with Gasteiger partial charge in [-0.2, -0.15) is 0 Å². The second-order valence-corrected chi connectivity index (χ2v) is 4.67. The average Bonchev–Trinajstić information content (AvgIpc) is 2.23. The number of methoxy groups -OCH3 is 1. The van der Waals surface area contributed by atoms with Crippen molar-refractivity contribution in [1.29, 1.82) is 0 Å². The molecule has 3 heteroatoms. The summed E-state index contributed by atoms with van der Waals surface area (Å²) in [7, 11) is 1.36. The van der Waals surface area contributed by atoms with E-state index in [2.05, 4.69) is 11.3 Å². The molecule has 90 valence electrons. The molecule has 0 heterocycles. The van der Waals surface area contributed by atoms with Crippen LogP contribution in [-0.4, -0.2) is 18.9 Å². The molecular formula is C13H20O3. The largest absolute Gasteiger partial charge is 0.469 e. The minimum Gasteiger partial charge on any atom is -0.469 e. The lowest BCUT2D eigenvalue weighted by Gasteiger charge is -2.27. The summed E-state index contributed by atoms with van der Waals surface area (Å²) >= 11 is 0. The molecule has 0 amide bonds. The van der Waals surface area contributed by atoms with Crippen LogP contribution in [-0.2, 0) is 14.3 Å². The zero-order valence-corrected chi connectivity index (χ0v) is 10.1. The van der Waals surface area contributed by atoms with Gasteiger partial charge in [0, 0.05) is 11.8 Å². The third kappa shape index (κ3) is 3.47. The number of carbonyl (C=O) groups excluding carboxylic acids is 2. The van der Waals surface area contributed by atoms with E-state index in [1.165, 1.54) is 7.11 Å².